The minimum atomic E-state index is -0.539. The minimum Gasteiger partial charge on any atom is -0.493 e. The lowest BCUT2D eigenvalue weighted by Crippen LogP contribution is -2.47. The van der Waals surface area contributed by atoms with Gasteiger partial charge >= 0.3 is 0 Å². The summed E-state index contributed by atoms with van der Waals surface area (Å²) >= 11 is 0. The van der Waals surface area contributed by atoms with Crippen molar-refractivity contribution in [3.63, 3.8) is 0 Å². The fraction of sp³-hybridized carbons (Fsp3) is 0.389. The molecule has 1 heterocycles. The fourth-order valence-electron chi connectivity index (χ4n) is 4.16. The summed E-state index contributed by atoms with van der Waals surface area (Å²) in [6.07, 6.45) is 4.87. The van der Waals surface area contributed by atoms with E-state index in [1.165, 1.54) is 20.3 Å². The molecule has 1 saturated heterocycles. The quantitative estimate of drug-likeness (QED) is 0.655. The molecule has 7 nitrogen and oxygen atoms in total. The SMILES string of the molecule is COc1ccc(C(=O)NN2C(=O)[C@@H]3[C@H](C2=O)[C@H]2C=C[C@H]3C2)cc1OC. The molecule has 3 aliphatic rings. The summed E-state index contributed by atoms with van der Waals surface area (Å²) in [5.41, 5.74) is 2.73. The monoisotopic (exact) mass is 342 g/mol. The highest BCUT2D eigenvalue weighted by atomic mass is 16.5. The topological polar surface area (TPSA) is 84.9 Å². The van der Waals surface area contributed by atoms with Crippen molar-refractivity contribution in [2.24, 2.45) is 23.7 Å². The molecule has 4 atom stereocenters. The summed E-state index contributed by atoms with van der Waals surface area (Å²) in [6, 6.07) is 4.65. The zero-order chi connectivity index (χ0) is 17.7. The van der Waals surface area contributed by atoms with E-state index in [-0.39, 0.29) is 41.0 Å². The number of hydrogen-bond donors (Lipinski definition) is 1. The summed E-state index contributed by atoms with van der Waals surface area (Å²) in [7, 11) is 2.97. The van der Waals surface area contributed by atoms with Gasteiger partial charge in [-0.1, -0.05) is 12.2 Å². The Kier molecular flexibility index (Phi) is 3.52. The van der Waals surface area contributed by atoms with Crippen LogP contribution >= 0.6 is 0 Å². The molecule has 1 saturated carbocycles. The second kappa shape index (κ2) is 5.61. The molecule has 4 rings (SSSR count). The summed E-state index contributed by atoms with van der Waals surface area (Å²) in [6.45, 7) is 0. The van der Waals surface area contributed by atoms with E-state index < -0.39 is 5.91 Å². The van der Waals surface area contributed by atoms with E-state index >= 15 is 0 Å². The normalized spacial score (nSPS) is 29.1. The predicted octanol–water partition coefficient (Wildman–Crippen LogP) is 1.16. The number of imide groups is 1. The van der Waals surface area contributed by atoms with Crippen molar-refractivity contribution in [1.82, 2.24) is 10.4 Å². The summed E-state index contributed by atoms with van der Waals surface area (Å²) in [5, 5.41) is 0.889. The van der Waals surface area contributed by atoms with Gasteiger partial charge < -0.3 is 9.47 Å². The minimum absolute atomic E-state index is 0.106. The van der Waals surface area contributed by atoms with E-state index in [0.717, 1.165) is 11.4 Å². The maximum absolute atomic E-state index is 12.6. The Balaban J connectivity index is 1.54. The highest BCUT2D eigenvalue weighted by Crippen LogP contribution is 2.52. The maximum Gasteiger partial charge on any atom is 0.270 e. The number of allylic oxidation sites excluding steroid dienone is 2. The van der Waals surface area contributed by atoms with Crippen LogP contribution in [0, 0.1) is 23.7 Å². The number of amides is 3. The number of carbonyl (C=O) groups is 3. The van der Waals surface area contributed by atoms with Gasteiger partial charge in [0, 0.05) is 5.56 Å². The first kappa shape index (κ1) is 15.7. The summed E-state index contributed by atoms with van der Waals surface area (Å²) in [4.78, 5) is 37.7. The number of fused-ring (bicyclic) bond motifs is 5. The molecule has 130 valence electrons. The molecule has 1 aromatic rings. The molecule has 7 heteroatoms. The third-order valence-corrected chi connectivity index (χ3v) is 5.33. The van der Waals surface area contributed by atoms with Gasteiger partial charge in [-0.3, -0.25) is 19.8 Å². The standard InChI is InChI=1S/C18H18N2O5/c1-24-12-6-5-11(8-13(12)25-2)16(21)19-20-17(22)14-9-3-4-10(7-9)15(14)18(20)23/h3-6,8-10,14-15H,7H2,1-2H3,(H,19,21)/t9-,10-,14-,15+/m0/s1. The van der Waals surface area contributed by atoms with Gasteiger partial charge in [0.1, 0.15) is 0 Å². The Morgan fingerprint density at radius 1 is 1.04 bits per heavy atom. The zero-order valence-electron chi connectivity index (χ0n) is 13.9. The number of hydrogen-bond acceptors (Lipinski definition) is 5. The predicted molar refractivity (Wildman–Crippen MR) is 86.6 cm³/mol. The van der Waals surface area contributed by atoms with Crippen LogP contribution in [-0.2, 0) is 9.59 Å². The van der Waals surface area contributed by atoms with Gasteiger partial charge in [0.05, 0.1) is 26.1 Å². The number of benzene rings is 1. The second-order valence-electron chi connectivity index (χ2n) is 6.52. The number of methoxy groups -OCH3 is 2. The highest BCUT2D eigenvalue weighted by molar-refractivity contribution is 6.08. The van der Waals surface area contributed by atoms with Gasteiger partial charge in [-0.05, 0) is 36.5 Å². The number of carbonyl (C=O) groups excluding carboxylic acids is 3. The third-order valence-electron chi connectivity index (χ3n) is 5.33. The molecule has 3 amide bonds. The van der Waals surface area contributed by atoms with E-state index in [1.54, 1.807) is 12.1 Å². The Bertz CT molecular complexity index is 773. The van der Waals surface area contributed by atoms with E-state index in [2.05, 4.69) is 5.43 Å². The van der Waals surface area contributed by atoms with Crippen LogP contribution in [0.5, 0.6) is 11.5 Å². The van der Waals surface area contributed by atoms with Gasteiger partial charge in [-0.25, -0.2) is 0 Å². The highest BCUT2D eigenvalue weighted by Gasteiger charge is 2.59. The Hall–Kier alpha value is -2.83. The Morgan fingerprint density at radius 2 is 1.64 bits per heavy atom. The van der Waals surface area contributed by atoms with E-state index in [9.17, 15) is 14.4 Å². The van der Waals surface area contributed by atoms with Crippen molar-refractivity contribution >= 4 is 17.7 Å². The lowest BCUT2D eigenvalue weighted by Gasteiger charge is -2.18. The van der Waals surface area contributed by atoms with Crippen LogP contribution in [0.3, 0.4) is 0 Å². The molecule has 0 aromatic heterocycles. The molecular weight excluding hydrogens is 324 g/mol. The third kappa shape index (κ3) is 2.22. The van der Waals surface area contributed by atoms with Crippen molar-refractivity contribution in [2.45, 2.75) is 6.42 Å². The summed E-state index contributed by atoms with van der Waals surface area (Å²) < 4.78 is 10.3. The van der Waals surface area contributed by atoms with Crippen molar-refractivity contribution in [2.75, 3.05) is 14.2 Å². The number of hydrazine groups is 1. The van der Waals surface area contributed by atoms with Gasteiger partial charge in [-0.15, -0.1) is 0 Å². The molecule has 1 aliphatic heterocycles. The lowest BCUT2D eigenvalue weighted by atomic mass is 9.85. The van der Waals surface area contributed by atoms with Crippen LogP contribution in [0.4, 0.5) is 0 Å². The van der Waals surface area contributed by atoms with Gasteiger partial charge in [0.25, 0.3) is 17.7 Å². The van der Waals surface area contributed by atoms with E-state index in [0.29, 0.717) is 11.5 Å². The van der Waals surface area contributed by atoms with Crippen molar-refractivity contribution in [3.05, 3.63) is 35.9 Å². The summed E-state index contributed by atoms with van der Waals surface area (Å²) in [5.74, 6) is -0.757. The average molecular weight is 342 g/mol. The maximum atomic E-state index is 12.6. The molecule has 2 bridgehead atoms. The molecular formula is C18H18N2O5. The molecule has 0 radical (unpaired) electrons. The van der Waals surface area contributed by atoms with Crippen LogP contribution in [0.2, 0.25) is 0 Å². The molecule has 0 spiro atoms. The lowest BCUT2D eigenvalue weighted by molar-refractivity contribution is -0.143. The Morgan fingerprint density at radius 3 is 2.20 bits per heavy atom. The van der Waals surface area contributed by atoms with E-state index in [4.69, 9.17) is 9.47 Å². The molecule has 2 fully saturated rings. The number of nitrogens with zero attached hydrogens (tertiary/aromatic N) is 1. The molecule has 25 heavy (non-hydrogen) atoms. The van der Waals surface area contributed by atoms with Crippen molar-refractivity contribution in [1.29, 1.82) is 0 Å². The first-order valence-electron chi connectivity index (χ1n) is 8.14. The van der Waals surface area contributed by atoms with Crippen LogP contribution in [0.25, 0.3) is 0 Å². The van der Waals surface area contributed by atoms with Gasteiger partial charge in [-0.2, -0.15) is 5.01 Å². The smallest absolute Gasteiger partial charge is 0.270 e. The number of ether oxygens (including phenoxy) is 2. The van der Waals surface area contributed by atoms with Gasteiger partial charge in [0.2, 0.25) is 0 Å². The number of rotatable bonds is 4. The largest absolute Gasteiger partial charge is 0.493 e. The first-order chi connectivity index (χ1) is 12.0. The first-order valence-corrected chi connectivity index (χ1v) is 8.14. The zero-order valence-corrected chi connectivity index (χ0v) is 13.9. The Labute approximate surface area is 144 Å². The van der Waals surface area contributed by atoms with Crippen LogP contribution in [-0.4, -0.2) is 37.0 Å². The average Bonchev–Trinajstić information content (AvgIpc) is 3.31. The van der Waals surface area contributed by atoms with Gasteiger partial charge in [0.15, 0.2) is 11.5 Å². The van der Waals surface area contributed by atoms with Crippen LogP contribution in [0.1, 0.15) is 16.8 Å². The van der Waals surface area contributed by atoms with E-state index in [1.807, 2.05) is 12.2 Å². The second-order valence-corrected chi connectivity index (χ2v) is 6.52. The van der Waals surface area contributed by atoms with Crippen LogP contribution < -0.4 is 14.9 Å². The number of nitrogens with one attached hydrogen (secondary N) is 1. The molecule has 1 aromatic carbocycles. The van der Waals surface area contributed by atoms with Crippen LogP contribution in [0.15, 0.2) is 30.4 Å². The molecule has 2 aliphatic carbocycles. The molecule has 1 N–H and O–H groups in total. The van der Waals surface area contributed by atoms with Crippen molar-refractivity contribution in [3.8, 4) is 11.5 Å². The van der Waals surface area contributed by atoms with Crippen molar-refractivity contribution < 1.29 is 23.9 Å². The fourth-order valence-corrected chi connectivity index (χ4v) is 4.16. The molecule has 0 unspecified atom stereocenters.